The lowest BCUT2D eigenvalue weighted by Gasteiger charge is -2.23. The van der Waals surface area contributed by atoms with Crippen molar-refractivity contribution in [1.29, 1.82) is 0 Å². The fourth-order valence-corrected chi connectivity index (χ4v) is 4.81. The van der Waals surface area contributed by atoms with Crippen LogP contribution in [-0.2, 0) is 6.54 Å². The van der Waals surface area contributed by atoms with Crippen molar-refractivity contribution in [2.24, 2.45) is 0 Å². The lowest BCUT2D eigenvalue weighted by molar-refractivity contribution is 0.0642. The number of fused-ring (bicyclic) bond motifs is 1. The maximum absolute atomic E-state index is 12.8. The Morgan fingerprint density at radius 3 is 2.38 bits per heavy atom. The Morgan fingerprint density at radius 2 is 1.76 bits per heavy atom. The minimum atomic E-state index is -0.313. The van der Waals surface area contributed by atoms with Gasteiger partial charge < -0.3 is 10.1 Å². The smallest absolute Gasteiger partial charge is 0.261 e. The van der Waals surface area contributed by atoms with Crippen molar-refractivity contribution >= 4 is 29.5 Å². The van der Waals surface area contributed by atoms with Crippen LogP contribution in [0.5, 0.6) is 5.75 Å². The number of thioether (sulfide) groups is 1. The number of amides is 3. The summed E-state index contributed by atoms with van der Waals surface area (Å²) < 4.78 is 5.36. The number of hydrogen-bond acceptors (Lipinski definition) is 5. The third-order valence-electron chi connectivity index (χ3n) is 5.28. The monoisotopic (exact) mass is 410 g/mol. The van der Waals surface area contributed by atoms with Gasteiger partial charge in [0.2, 0.25) is 0 Å². The molecule has 7 heteroatoms. The number of ether oxygens (including phenoxy) is 1. The fourth-order valence-electron chi connectivity index (χ4n) is 3.70. The summed E-state index contributed by atoms with van der Waals surface area (Å²) in [7, 11) is 1.52. The van der Waals surface area contributed by atoms with Gasteiger partial charge in [0.05, 0.1) is 30.3 Å². The van der Waals surface area contributed by atoms with Gasteiger partial charge >= 0.3 is 0 Å². The Balaban J connectivity index is 1.55. The Labute approximate surface area is 173 Å². The minimum absolute atomic E-state index is 0.108. The number of methoxy groups -OCH3 is 1. The zero-order valence-electron chi connectivity index (χ0n) is 16.1. The molecule has 2 aliphatic rings. The number of imide groups is 1. The third-order valence-corrected chi connectivity index (χ3v) is 6.33. The molecule has 0 aromatic heterocycles. The van der Waals surface area contributed by atoms with Crippen LogP contribution in [0.15, 0.2) is 42.5 Å². The van der Waals surface area contributed by atoms with E-state index in [0.717, 1.165) is 24.3 Å². The van der Waals surface area contributed by atoms with Crippen LogP contribution in [-0.4, -0.2) is 47.3 Å². The average molecular weight is 410 g/mol. The molecule has 1 fully saturated rings. The molecule has 0 aliphatic carbocycles. The molecular weight excluding hydrogens is 388 g/mol. The first kappa shape index (κ1) is 19.5. The van der Waals surface area contributed by atoms with Crippen LogP contribution in [0.3, 0.4) is 0 Å². The number of benzene rings is 2. The topological polar surface area (TPSA) is 75.7 Å². The zero-order valence-corrected chi connectivity index (χ0v) is 17.0. The molecule has 1 N–H and O–H groups in total. The molecule has 0 spiro atoms. The first-order valence-electron chi connectivity index (χ1n) is 9.59. The van der Waals surface area contributed by atoms with Crippen molar-refractivity contribution in [1.82, 2.24) is 10.2 Å². The number of hydrogen-bond donors (Lipinski definition) is 1. The number of nitrogens with zero attached hydrogens (tertiary/aromatic N) is 1. The molecule has 3 amide bonds. The van der Waals surface area contributed by atoms with Crippen molar-refractivity contribution in [3.63, 3.8) is 0 Å². The molecular formula is C22H22N2O4S. The van der Waals surface area contributed by atoms with Crippen molar-refractivity contribution in [2.75, 3.05) is 18.6 Å². The second-order valence-electron chi connectivity index (χ2n) is 7.14. The van der Waals surface area contributed by atoms with Crippen molar-refractivity contribution in [2.45, 2.75) is 25.4 Å². The van der Waals surface area contributed by atoms with E-state index < -0.39 is 0 Å². The van der Waals surface area contributed by atoms with Gasteiger partial charge in [0.25, 0.3) is 17.7 Å². The molecule has 0 radical (unpaired) electrons. The maximum Gasteiger partial charge on any atom is 0.261 e. The predicted molar refractivity (Wildman–Crippen MR) is 111 cm³/mol. The number of carbonyl (C=O) groups is 3. The van der Waals surface area contributed by atoms with Crippen LogP contribution in [0.25, 0.3) is 0 Å². The summed E-state index contributed by atoms with van der Waals surface area (Å²) >= 11 is 1.90. The van der Waals surface area contributed by atoms with Gasteiger partial charge in [-0.2, -0.15) is 11.8 Å². The summed E-state index contributed by atoms with van der Waals surface area (Å²) in [4.78, 5) is 39.3. The summed E-state index contributed by atoms with van der Waals surface area (Å²) in [5.74, 6) is 1.74. The van der Waals surface area contributed by atoms with Gasteiger partial charge in [-0.3, -0.25) is 19.3 Å². The average Bonchev–Trinajstić information content (AvgIpc) is 2.99. The molecule has 1 saturated heterocycles. The lowest BCUT2D eigenvalue weighted by Crippen LogP contribution is -2.37. The second-order valence-corrected chi connectivity index (χ2v) is 8.36. The minimum Gasteiger partial charge on any atom is -0.496 e. The molecule has 4 rings (SSSR count). The summed E-state index contributed by atoms with van der Waals surface area (Å²) in [5.41, 5.74) is 1.95. The van der Waals surface area contributed by atoms with E-state index in [9.17, 15) is 14.4 Å². The highest BCUT2D eigenvalue weighted by Gasteiger charge is 2.35. The summed E-state index contributed by atoms with van der Waals surface area (Å²) in [6.45, 7) is 0.108. The predicted octanol–water partition coefficient (Wildman–Crippen LogP) is 3.12. The zero-order chi connectivity index (χ0) is 20.4. The molecule has 0 saturated carbocycles. The second kappa shape index (κ2) is 8.29. The Bertz CT molecular complexity index is 934. The van der Waals surface area contributed by atoms with Gasteiger partial charge in [-0.15, -0.1) is 0 Å². The first-order valence-corrected chi connectivity index (χ1v) is 10.7. The van der Waals surface area contributed by atoms with E-state index in [1.807, 2.05) is 11.8 Å². The van der Waals surface area contributed by atoms with Gasteiger partial charge in [0.1, 0.15) is 5.75 Å². The molecule has 2 heterocycles. The fraction of sp³-hybridized carbons (Fsp3) is 0.318. The Hall–Kier alpha value is -2.80. The highest BCUT2D eigenvalue weighted by Crippen LogP contribution is 2.27. The Kier molecular flexibility index (Phi) is 5.58. The normalized spacial score (nSPS) is 16.7. The number of nitrogens with one attached hydrogen (secondary N) is 1. The molecule has 150 valence electrons. The van der Waals surface area contributed by atoms with E-state index in [4.69, 9.17) is 4.74 Å². The summed E-state index contributed by atoms with van der Waals surface area (Å²) in [5, 5.41) is 3.08. The SMILES string of the molecule is COc1ccc(CN2C(=O)c3ccccc3C2=O)cc1C(=O)NC1CCSCC1. The van der Waals surface area contributed by atoms with E-state index in [1.54, 1.807) is 42.5 Å². The van der Waals surface area contributed by atoms with Crippen LogP contribution >= 0.6 is 11.8 Å². The van der Waals surface area contributed by atoms with Gasteiger partial charge in [-0.25, -0.2) is 0 Å². The van der Waals surface area contributed by atoms with Crippen molar-refractivity contribution in [3.8, 4) is 5.75 Å². The molecule has 2 aliphatic heterocycles. The van der Waals surface area contributed by atoms with E-state index in [0.29, 0.717) is 28.0 Å². The molecule has 0 bridgehead atoms. The number of carbonyl (C=O) groups excluding carboxylic acids is 3. The van der Waals surface area contributed by atoms with E-state index >= 15 is 0 Å². The van der Waals surface area contributed by atoms with Gasteiger partial charge in [-0.05, 0) is 54.2 Å². The molecule has 6 nitrogen and oxygen atoms in total. The van der Waals surface area contributed by atoms with Crippen LogP contribution in [0, 0.1) is 0 Å². The van der Waals surface area contributed by atoms with E-state index in [1.165, 1.54) is 12.0 Å². The molecule has 29 heavy (non-hydrogen) atoms. The van der Waals surface area contributed by atoms with Crippen LogP contribution in [0.1, 0.15) is 49.5 Å². The first-order chi connectivity index (χ1) is 14.1. The molecule has 2 aromatic carbocycles. The highest BCUT2D eigenvalue weighted by atomic mass is 32.2. The van der Waals surface area contributed by atoms with Gasteiger partial charge in [0.15, 0.2) is 0 Å². The molecule has 0 unspecified atom stereocenters. The standard InChI is InChI=1S/C22H22N2O4S/c1-28-19-7-6-14(12-18(19)20(25)23-15-8-10-29-11-9-15)13-24-21(26)16-4-2-3-5-17(16)22(24)27/h2-7,12,15H,8-11,13H2,1H3,(H,23,25). The Morgan fingerprint density at radius 1 is 1.10 bits per heavy atom. The van der Waals surface area contributed by atoms with Crippen LogP contribution < -0.4 is 10.1 Å². The van der Waals surface area contributed by atoms with Crippen LogP contribution in [0.2, 0.25) is 0 Å². The third kappa shape index (κ3) is 3.87. The largest absolute Gasteiger partial charge is 0.496 e. The van der Waals surface area contributed by atoms with E-state index in [2.05, 4.69) is 5.32 Å². The quantitative estimate of drug-likeness (QED) is 0.767. The summed E-state index contributed by atoms with van der Waals surface area (Å²) in [6.07, 6.45) is 1.90. The van der Waals surface area contributed by atoms with Crippen molar-refractivity contribution in [3.05, 3.63) is 64.7 Å². The van der Waals surface area contributed by atoms with Gasteiger partial charge in [0, 0.05) is 6.04 Å². The maximum atomic E-state index is 12.8. The molecule has 0 atom stereocenters. The van der Waals surface area contributed by atoms with Gasteiger partial charge in [-0.1, -0.05) is 18.2 Å². The lowest BCUT2D eigenvalue weighted by atomic mass is 10.1. The van der Waals surface area contributed by atoms with E-state index in [-0.39, 0.29) is 30.3 Å². The summed E-state index contributed by atoms with van der Waals surface area (Å²) in [6, 6.07) is 12.1. The highest BCUT2D eigenvalue weighted by molar-refractivity contribution is 7.99. The van der Waals surface area contributed by atoms with Crippen molar-refractivity contribution < 1.29 is 19.1 Å². The van der Waals surface area contributed by atoms with Crippen LogP contribution in [0.4, 0.5) is 0 Å². The number of rotatable bonds is 5. The molecule has 2 aromatic rings.